The minimum Gasteiger partial charge on any atom is -0.0683 e. The van der Waals surface area contributed by atoms with E-state index in [2.05, 4.69) is 74.6 Å². The SMILES string of the molecule is C/C(I)=C(\C)c1ccccc1.CC.CC.CCC. The highest BCUT2D eigenvalue weighted by atomic mass is 127. The van der Waals surface area contributed by atoms with E-state index in [1.165, 1.54) is 21.1 Å². The van der Waals surface area contributed by atoms with E-state index in [0.717, 1.165) is 0 Å². The first kappa shape index (κ1) is 22.8. The van der Waals surface area contributed by atoms with Gasteiger partial charge in [-0.05, 0) is 51.2 Å². The molecule has 0 atom stereocenters. The van der Waals surface area contributed by atoms with Crippen molar-refractivity contribution in [2.45, 2.75) is 61.8 Å². The Morgan fingerprint density at radius 1 is 0.889 bits per heavy atom. The summed E-state index contributed by atoms with van der Waals surface area (Å²) in [5.74, 6) is 0. The van der Waals surface area contributed by atoms with Crippen molar-refractivity contribution in [1.29, 1.82) is 0 Å². The second-order valence-electron chi connectivity index (χ2n) is 3.23. The van der Waals surface area contributed by atoms with Crippen molar-refractivity contribution in [2.75, 3.05) is 0 Å². The van der Waals surface area contributed by atoms with Gasteiger partial charge >= 0.3 is 0 Å². The van der Waals surface area contributed by atoms with Gasteiger partial charge in [-0.3, -0.25) is 0 Å². The van der Waals surface area contributed by atoms with E-state index in [1.54, 1.807) is 0 Å². The van der Waals surface area contributed by atoms with Gasteiger partial charge in [-0.2, -0.15) is 0 Å². The molecule has 1 heteroatoms. The van der Waals surface area contributed by atoms with E-state index in [1.807, 2.05) is 33.8 Å². The lowest BCUT2D eigenvalue weighted by Crippen LogP contribution is -1.78. The number of rotatable bonds is 1. The van der Waals surface area contributed by atoms with Crippen molar-refractivity contribution >= 4 is 28.2 Å². The highest BCUT2D eigenvalue weighted by Crippen LogP contribution is 2.21. The van der Waals surface area contributed by atoms with Crippen molar-refractivity contribution in [3.05, 3.63) is 39.5 Å². The Morgan fingerprint density at radius 2 is 1.22 bits per heavy atom. The second kappa shape index (κ2) is 19.0. The van der Waals surface area contributed by atoms with Gasteiger partial charge in [-0.1, -0.05) is 78.3 Å². The summed E-state index contributed by atoms with van der Waals surface area (Å²) in [5, 5.41) is 0. The summed E-state index contributed by atoms with van der Waals surface area (Å²) in [6.07, 6.45) is 1.25. The van der Waals surface area contributed by atoms with Crippen LogP contribution in [-0.4, -0.2) is 0 Å². The predicted molar refractivity (Wildman–Crippen MR) is 97.4 cm³/mol. The average molecular weight is 362 g/mol. The van der Waals surface area contributed by atoms with Crippen molar-refractivity contribution in [3.8, 4) is 0 Å². The van der Waals surface area contributed by atoms with Crippen molar-refractivity contribution in [3.63, 3.8) is 0 Å². The maximum atomic E-state index is 2.35. The highest BCUT2D eigenvalue weighted by Gasteiger charge is 1.95. The van der Waals surface area contributed by atoms with Crippen LogP contribution in [0.25, 0.3) is 5.57 Å². The van der Waals surface area contributed by atoms with E-state index in [-0.39, 0.29) is 0 Å². The normalized spacial score (nSPS) is 9.39. The van der Waals surface area contributed by atoms with Gasteiger partial charge in [0.15, 0.2) is 0 Å². The Kier molecular flexibility index (Phi) is 24.2. The van der Waals surface area contributed by atoms with Gasteiger partial charge in [0.2, 0.25) is 0 Å². The van der Waals surface area contributed by atoms with E-state index >= 15 is 0 Å². The predicted octanol–water partition coefficient (Wildman–Crippen LogP) is 7.34. The van der Waals surface area contributed by atoms with Crippen molar-refractivity contribution in [2.24, 2.45) is 0 Å². The molecule has 1 aromatic rings. The molecule has 0 saturated heterocycles. The molecule has 0 amide bonds. The van der Waals surface area contributed by atoms with Gasteiger partial charge in [0.25, 0.3) is 0 Å². The summed E-state index contributed by atoms with van der Waals surface area (Å²) in [6.45, 7) is 16.5. The zero-order chi connectivity index (χ0) is 15.0. The highest BCUT2D eigenvalue weighted by molar-refractivity contribution is 14.1. The average Bonchev–Trinajstić information content (AvgIpc) is 2.44. The molecule has 0 nitrogen and oxygen atoms in total. The Morgan fingerprint density at radius 3 is 1.50 bits per heavy atom. The first-order chi connectivity index (χ1) is 8.63. The second-order valence-corrected chi connectivity index (χ2v) is 4.85. The molecule has 18 heavy (non-hydrogen) atoms. The molecule has 0 heterocycles. The lowest BCUT2D eigenvalue weighted by Gasteiger charge is -2.01. The Labute approximate surface area is 129 Å². The lowest BCUT2D eigenvalue weighted by atomic mass is 10.1. The van der Waals surface area contributed by atoms with E-state index in [9.17, 15) is 0 Å². The topological polar surface area (TPSA) is 0 Å². The minimum absolute atomic E-state index is 1.25. The zero-order valence-corrected chi connectivity index (χ0v) is 15.6. The lowest BCUT2D eigenvalue weighted by molar-refractivity contribution is 1.09. The molecule has 0 spiro atoms. The summed E-state index contributed by atoms with van der Waals surface area (Å²) in [5.41, 5.74) is 2.69. The fourth-order valence-electron chi connectivity index (χ4n) is 0.887. The molecule has 0 radical (unpaired) electrons. The summed E-state index contributed by atoms with van der Waals surface area (Å²) in [7, 11) is 0. The fourth-order valence-corrected chi connectivity index (χ4v) is 1.20. The van der Waals surface area contributed by atoms with Gasteiger partial charge in [0.1, 0.15) is 0 Å². The van der Waals surface area contributed by atoms with Crippen LogP contribution in [0.2, 0.25) is 0 Å². The molecular formula is C17H31I. The summed E-state index contributed by atoms with van der Waals surface area (Å²) < 4.78 is 1.36. The molecule has 0 fully saturated rings. The molecule has 0 aliphatic heterocycles. The van der Waals surface area contributed by atoms with Crippen LogP contribution in [-0.2, 0) is 0 Å². The van der Waals surface area contributed by atoms with Crippen LogP contribution in [0.15, 0.2) is 33.9 Å². The molecule has 0 aliphatic rings. The van der Waals surface area contributed by atoms with Crippen LogP contribution in [0.4, 0.5) is 0 Å². The first-order valence-electron chi connectivity index (χ1n) is 7.01. The number of benzene rings is 1. The van der Waals surface area contributed by atoms with Crippen LogP contribution >= 0.6 is 22.6 Å². The molecule has 0 N–H and O–H groups in total. The van der Waals surface area contributed by atoms with Crippen LogP contribution in [0, 0.1) is 0 Å². The maximum absolute atomic E-state index is 2.35. The van der Waals surface area contributed by atoms with Crippen LogP contribution in [0.1, 0.15) is 67.4 Å². The molecular weight excluding hydrogens is 331 g/mol. The maximum Gasteiger partial charge on any atom is -0.00899 e. The number of hydrogen-bond donors (Lipinski definition) is 0. The summed E-state index contributed by atoms with van der Waals surface area (Å²) in [6, 6.07) is 10.4. The zero-order valence-electron chi connectivity index (χ0n) is 13.5. The number of hydrogen-bond acceptors (Lipinski definition) is 0. The van der Waals surface area contributed by atoms with Gasteiger partial charge in [-0.25, -0.2) is 0 Å². The third-order valence-corrected chi connectivity index (χ3v) is 2.53. The number of halogens is 1. The van der Waals surface area contributed by atoms with Gasteiger partial charge < -0.3 is 0 Å². The van der Waals surface area contributed by atoms with Gasteiger partial charge in [-0.15, -0.1) is 0 Å². The van der Waals surface area contributed by atoms with Crippen LogP contribution in [0.5, 0.6) is 0 Å². The molecule has 0 aliphatic carbocycles. The molecule has 1 aromatic carbocycles. The Bertz CT molecular complexity index is 269. The molecule has 0 unspecified atom stereocenters. The Balaban J connectivity index is -0.000000274. The van der Waals surface area contributed by atoms with E-state index in [0.29, 0.717) is 0 Å². The van der Waals surface area contributed by atoms with E-state index in [4.69, 9.17) is 0 Å². The summed E-state index contributed by atoms with van der Waals surface area (Å²) >= 11 is 2.35. The third kappa shape index (κ3) is 13.8. The smallest absolute Gasteiger partial charge is 0.00899 e. The molecule has 106 valence electrons. The number of allylic oxidation sites excluding steroid dienone is 2. The van der Waals surface area contributed by atoms with Crippen molar-refractivity contribution in [1.82, 2.24) is 0 Å². The van der Waals surface area contributed by atoms with Crippen LogP contribution in [0.3, 0.4) is 0 Å². The third-order valence-electron chi connectivity index (χ3n) is 1.72. The fraction of sp³-hybridized carbons (Fsp3) is 0.529. The molecule has 0 saturated carbocycles. The van der Waals surface area contributed by atoms with Gasteiger partial charge in [0, 0.05) is 0 Å². The molecule has 1 rings (SSSR count). The largest absolute Gasteiger partial charge is 0.0683 e. The Hall–Kier alpha value is -0.310. The van der Waals surface area contributed by atoms with Crippen molar-refractivity contribution < 1.29 is 0 Å². The standard InChI is InChI=1S/C10H11I.C3H8.2C2H6/c1-8(9(2)11)10-6-4-3-5-7-10;1-3-2;2*1-2/h3-7H,1-2H3;3H2,1-2H3;2*1-2H3/b9-8-;;;. The monoisotopic (exact) mass is 362 g/mol. The quantitative estimate of drug-likeness (QED) is 0.458. The summed E-state index contributed by atoms with van der Waals surface area (Å²) in [4.78, 5) is 0. The first-order valence-corrected chi connectivity index (χ1v) is 8.09. The molecule has 0 aromatic heterocycles. The van der Waals surface area contributed by atoms with E-state index < -0.39 is 0 Å². The minimum atomic E-state index is 1.25. The van der Waals surface area contributed by atoms with Crippen LogP contribution < -0.4 is 0 Å². The van der Waals surface area contributed by atoms with Gasteiger partial charge in [0.05, 0.1) is 0 Å². The molecule has 0 bridgehead atoms.